The van der Waals surface area contributed by atoms with Crippen LogP contribution in [0.1, 0.15) is 57.3 Å². The predicted molar refractivity (Wildman–Crippen MR) is 87.6 cm³/mol. The summed E-state index contributed by atoms with van der Waals surface area (Å²) >= 11 is 0. The number of nitrogens with zero attached hydrogens (tertiary/aromatic N) is 4. The quantitative estimate of drug-likeness (QED) is 0.899. The molecule has 1 saturated carbocycles. The monoisotopic (exact) mass is 334 g/mol. The zero-order valence-electron chi connectivity index (χ0n) is 14.3. The molecule has 2 saturated heterocycles. The molecule has 1 atom stereocenters. The van der Waals surface area contributed by atoms with Crippen LogP contribution in [-0.2, 0) is 4.79 Å². The highest BCUT2D eigenvalue weighted by atomic mass is 16.5. The van der Waals surface area contributed by atoms with E-state index in [0.29, 0.717) is 18.9 Å². The van der Waals surface area contributed by atoms with Gasteiger partial charge in [0.05, 0.1) is 6.10 Å². The molecular formula is C17H26N4O3. The first-order valence-electron chi connectivity index (χ1n) is 9.09. The summed E-state index contributed by atoms with van der Waals surface area (Å²) in [6.07, 6.45) is 5.48. The number of likely N-dealkylation sites (tertiary alicyclic amines) is 1. The van der Waals surface area contributed by atoms with Crippen molar-refractivity contribution in [1.82, 2.24) is 15.0 Å². The van der Waals surface area contributed by atoms with Crippen LogP contribution in [0.3, 0.4) is 0 Å². The number of aliphatic hydroxyl groups excluding tert-OH is 1. The fourth-order valence-electron chi connectivity index (χ4n) is 4.03. The molecule has 7 heteroatoms. The normalized spacial score (nSPS) is 25.3. The van der Waals surface area contributed by atoms with Crippen LogP contribution in [-0.4, -0.2) is 58.3 Å². The molecule has 3 heterocycles. The largest absolute Gasteiger partial charge is 0.392 e. The van der Waals surface area contributed by atoms with E-state index in [1.54, 1.807) is 6.92 Å². The third-order valence-corrected chi connectivity index (χ3v) is 5.70. The predicted octanol–water partition coefficient (Wildman–Crippen LogP) is 1.54. The molecular weight excluding hydrogens is 308 g/mol. The minimum absolute atomic E-state index is 0.177. The lowest BCUT2D eigenvalue weighted by Gasteiger charge is -2.47. The van der Waals surface area contributed by atoms with Crippen LogP contribution < -0.4 is 4.90 Å². The summed E-state index contributed by atoms with van der Waals surface area (Å²) in [5, 5.41) is 13.8. The highest BCUT2D eigenvalue weighted by Crippen LogP contribution is 2.42. The van der Waals surface area contributed by atoms with Crippen LogP contribution in [0.5, 0.6) is 0 Å². The summed E-state index contributed by atoms with van der Waals surface area (Å²) in [4.78, 5) is 20.7. The number of piperidine rings is 2. The van der Waals surface area contributed by atoms with Crippen LogP contribution in [0.25, 0.3) is 0 Å². The van der Waals surface area contributed by atoms with Gasteiger partial charge in [0.2, 0.25) is 11.8 Å². The molecule has 24 heavy (non-hydrogen) atoms. The average Bonchev–Trinajstić information content (AvgIpc) is 3.29. The number of aromatic nitrogens is 2. The van der Waals surface area contributed by atoms with Gasteiger partial charge in [-0.3, -0.25) is 4.79 Å². The molecule has 1 amide bonds. The minimum Gasteiger partial charge on any atom is -0.392 e. The Bertz CT molecular complexity index is 603. The number of anilines is 1. The van der Waals surface area contributed by atoms with Gasteiger partial charge in [-0.15, -0.1) is 0 Å². The van der Waals surface area contributed by atoms with Crippen molar-refractivity contribution < 1.29 is 14.4 Å². The number of aliphatic hydroxyl groups is 1. The number of hydrogen-bond donors (Lipinski definition) is 1. The molecule has 1 aromatic heterocycles. The van der Waals surface area contributed by atoms with Crippen LogP contribution in [0.2, 0.25) is 0 Å². The van der Waals surface area contributed by atoms with Crippen LogP contribution in [0, 0.1) is 5.41 Å². The Morgan fingerprint density at radius 2 is 2.08 bits per heavy atom. The Kier molecular flexibility index (Phi) is 3.98. The lowest BCUT2D eigenvalue weighted by atomic mass is 9.72. The molecule has 2 aliphatic heterocycles. The zero-order valence-corrected chi connectivity index (χ0v) is 14.3. The van der Waals surface area contributed by atoms with E-state index in [2.05, 4.69) is 15.0 Å². The number of amides is 1. The van der Waals surface area contributed by atoms with Gasteiger partial charge < -0.3 is 19.4 Å². The number of carbonyl (C=O) groups excluding carboxylic acids is 1. The van der Waals surface area contributed by atoms with E-state index in [1.165, 1.54) is 0 Å². The topological polar surface area (TPSA) is 82.7 Å². The van der Waals surface area contributed by atoms with Crippen LogP contribution >= 0.6 is 0 Å². The van der Waals surface area contributed by atoms with Gasteiger partial charge in [-0.25, -0.2) is 0 Å². The van der Waals surface area contributed by atoms with Gasteiger partial charge in [-0.05, 0) is 49.6 Å². The van der Waals surface area contributed by atoms with E-state index >= 15 is 0 Å². The molecule has 7 nitrogen and oxygen atoms in total. The highest BCUT2D eigenvalue weighted by Gasteiger charge is 2.42. The van der Waals surface area contributed by atoms with E-state index in [-0.39, 0.29) is 11.3 Å². The molecule has 0 bridgehead atoms. The fraction of sp³-hybridized carbons (Fsp3) is 0.824. The Labute approximate surface area is 142 Å². The van der Waals surface area contributed by atoms with Gasteiger partial charge in [0, 0.05) is 38.5 Å². The maximum Gasteiger partial charge on any atom is 0.266 e. The first-order chi connectivity index (χ1) is 11.5. The minimum atomic E-state index is -0.468. The summed E-state index contributed by atoms with van der Waals surface area (Å²) in [7, 11) is 0. The number of hydrogen-bond acceptors (Lipinski definition) is 6. The van der Waals surface area contributed by atoms with E-state index in [1.807, 2.05) is 4.90 Å². The molecule has 3 aliphatic rings. The van der Waals surface area contributed by atoms with Gasteiger partial charge in [0.1, 0.15) is 0 Å². The number of β-amino-alcohol motifs (C(OH)–C–C–N with tert-alkyl or cyclic N) is 1. The second-order valence-electron chi connectivity index (χ2n) is 7.82. The summed E-state index contributed by atoms with van der Waals surface area (Å²) in [5.41, 5.74) is 0.183. The van der Waals surface area contributed by atoms with E-state index < -0.39 is 6.10 Å². The molecule has 3 fully saturated rings. The second-order valence-corrected chi connectivity index (χ2v) is 7.82. The van der Waals surface area contributed by atoms with Crippen molar-refractivity contribution in [2.75, 3.05) is 31.1 Å². The first-order valence-corrected chi connectivity index (χ1v) is 9.09. The second kappa shape index (κ2) is 6.02. The van der Waals surface area contributed by atoms with Gasteiger partial charge in [0.15, 0.2) is 0 Å². The van der Waals surface area contributed by atoms with Gasteiger partial charge in [-0.2, -0.15) is 4.98 Å². The van der Waals surface area contributed by atoms with Crippen molar-refractivity contribution in [1.29, 1.82) is 0 Å². The Morgan fingerprint density at radius 1 is 1.33 bits per heavy atom. The summed E-state index contributed by atoms with van der Waals surface area (Å²) in [6, 6.07) is 0. The molecule has 1 N–H and O–H groups in total. The van der Waals surface area contributed by atoms with Crippen molar-refractivity contribution in [2.45, 2.75) is 57.5 Å². The van der Waals surface area contributed by atoms with Crippen molar-refractivity contribution in [3.05, 3.63) is 5.89 Å². The van der Waals surface area contributed by atoms with Crippen molar-refractivity contribution >= 4 is 11.9 Å². The van der Waals surface area contributed by atoms with E-state index in [9.17, 15) is 9.90 Å². The fourth-order valence-corrected chi connectivity index (χ4v) is 4.03. The SMILES string of the molecule is C[C@H](O)CN1CC2(CCC1=O)CCN(c1noc(C3CC3)n1)CC2. The highest BCUT2D eigenvalue weighted by molar-refractivity contribution is 5.77. The first kappa shape index (κ1) is 15.9. The van der Waals surface area contributed by atoms with Crippen molar-refractivity contribution in [3.63, 3.8) is 0 Å². The lowest BCUT2D eigenvalue weighted by molar-refractivity contribution is -0.139. The molecule has 0 aromatic carbocycles. The smallest absolute Gasteiger partial charge is 0.266 e. The van der Waals surface area contributed by atoms with E-state index in [0.717, 1.165) is 63.6 Å². The lowest BCUT2D eigenvalue weighted by Crippen LogP contribution is -2.53. The summed E-state index contributed by atoms with van der Waals surface area (Å²) < 4.78 is 5.37. The Hall–Kier alpha value is -1.63. The van der Waals surface area contributed by atoms with Crippen LogP contribution in [0.15, 0.2) is 4.52 Å². The average molecular weight is 334 g/mol. The van der Waals surface area contributed by atoms with Crippen LogP contribution in [0.4, 0.5) is 5.95 Å². The maximum atomic E-state index is 12.1. The molecule has 0 unspecified atom stereocenters. The zero-order chi connectivity index (χ0) is 16.7. The van der Waals surface area contributed by atoms with Gasteiger partial charge in [-0.1, -0.05) is 0 Å². The number of carbonyl (C=O) groups is 1. The molecule has 4 rings (SSSR count). The standard InChI is InChI=1S/C17H26N4O3/c1-12(22)10-21-11-17(5-4-14(21)23)6-8-20(9-7-17)16-18-15(24-19-16)13-2-3-13/h12-13,22H,2-11H2,1H3/t12-/m0/s1. The molecule has 1 aromatic rings. The molecule has 1 aliphatic carbocycles. The Morgan fingerprint density at radius 3 is 2.75 bits per heavy atom. The van der Waals surface area contributed by atoms with Gasteiger partial charge >= 0.3 is 0 Å². The van der Waals surface area contributed by atoms with Crippen molar-refractivity contribution in [2.24, 2.45) is 5.41 Å². The third kappa shape index (κ3) is 3.14. The Balaban J connectivity index is 1.38. The molecule has 132 valence electrons. The van der Waals surface area contributed by atoms with Crippen molar-refractivity contribution in [3.8, 4) is 0 Å². The van der Waals surface area contributed by atoms with E-state index in [4.69, 9.17) is 4.52 Å². The summed E-state index contributed by atoms with van der Waals surface area (Å²) in [6.45, 7) is 4.76. The molecule has 1 spiro atoms. The molecule has 0 radical (unpaired) electrons. The maximum absolute atomic E-state index is 12.1. The number of rotatable bonds is 4. The summed E-state index contributed by atoms with van der Waals surface area (Å²) in [5.74, 6) is 2.17. The third-order valence-electron chi connectivity index (χ3n) is 5.70. The van der Waals surface area contributed by atoms with Gasteiger partial charge in [0.25, 0.3) is 5.95 Å².